The second-order valence-electron chi connectivity index (χ2n) is 5.75. The smallest absolute Gasteiger partial charge is 0.227 e. The molecule has 0 bridgehead atoms. The van der Waals surface area contributed by atoms with Gasteiger partial charge < -0.3 is 10.2 Å². The molecular weight excluding hydrogens is 287 g/mol. The predicted molar refractivity (Wildman–Crippen MR) is 78.2 cm³/mol. The van der Waals surface area contributed by atoms with Gasteiger partial charge in [-0.1, -0.05) is 0 Å². The van der Waals surface area contributed by atoms with Crippen molar-refractivity contribution in [1.82, 2.24) is 5.32 Å². The van der Waals surface area contributed by atoms with E-state index in [2.05, 4.69) is 5.32 Å². The molecule has 0 radical (unpaired) electrons. The van der Waals surface area contributed by atoms with E-state index in [-0.39, 0.29) is 30.4 Å². The topological polar surface area (TPSA) is 66.5 Å². The van der Waals surface area contributed by atoms with Crippen LogP contribution in [0, 0.1) is 11.7 Å². The van der Waals surface area contributed by atoms with Gasteiger partial charge in [-0.2, -0.15) is 0 Å². The molecule has 1 fully saturated rings. The van der Waals surface area contributed by atoms with E-state index >= 15 is 0 Å². The molecule has 5 nitrogen and oxygen atoms in total. The van der Waals surface area contributed by atoms with Crippen LogP contribution in [0.4, 0.5) is 10.1 Å². The molecule has 2 amide bonds. The summed E-state index contributed by atoms with van der Waals surface area (Å²) in [7, 11) is 1.51. The molecule has 1 N–H and O–H groups in total. The number of hydrogen-bond donors (Lipinski definition) is 1. The Bertz CT molecular complexity index is 672. The normalized spacial score (nSPS) is 20.5. The molecule has 22 heavy (non-hydrogen) atoms. The third-order valence-corrected chi connectivity index (χ3v) is 4.36. The molecule has 6 heteroatoms. The van der Waals surface area contributed by atoms with Crippen molar-refractivity contribution < 1.29 is 18.8 Å². The standard InChI is InChI=1S/C16H17FN2O3/c1-18-14(20)6-9-5-11-12(16(9)22)7-10(8-13(11)17)19-4-2-3-15(19)21/h7-9H,2-6H2,1H3,(H,18,20). The van der Waals surface area contributed by atoms with E-state index in [0.717, 1.165) is 6.42 Å². The molecule has 1 atom stereocenters. The lowest BCUT2D eigenvalue weighted by Crippen LogP contribution is -2.24. The number of carbonyl (C=O) groups excluding carboxylic acids is 3. The number of benzene rings is 1. The summed E-state index contributed by atoms with van der Waals surface area (Å²) in [5, 5.41) is 2.48. The highest BCUT2D eigenvalue weighted by Gasteiger charge is 2.35. The van der Waals surface area contributed by atoms with Crippen LogP contribution >= 0.6 is 0 Å². The lowest BCUT2D eigenvalue weighted by Gasteiger charge is -2.17. The Balaban J connectivity index is 1.91. The Labute approximate surface area is 127 Å². The number of hydrogen-bond acceptors (Lipinski definition) is 3. The van der Waals surface area contributed by atoms with E-state index in [1.54, 1.807) is 6.07 Å². The van der Waals surface area contributed by atoms with E-state index in [9.17, 15) is 18.8 Å². The average molecular weight is 304 g/mol. The fourth-order valence-electron chi connectivity index (χ4n) is 3.18. The van der Waals surface area contributed by atoms with E-state index in [0.29, 0.717) is 29.8 Å². The zero-order chi connectivity index (χ0) is 15.9. The molecular formula is C16H17FN2O3. The van der Waals surface area contributed by atoms with Gasteiger partial charge in [-0.3, -0.25) is 14.4 Å². The Morgan fingerprint density at radius 2 is 2.18 bits per heavy atom. The molecule has 0 spiro atoms. The molecule has 116 valence electrons. The number of halogens is 1. The minimum absolute atomic E-state index is 0.0493. The number of fused-ring (bicyclic) bond motifs is 1. The van der Waals surface area contributed by atoms with Crippen LogP contribution in [0.3, 0.4) is 0 Å². The molecule has 1 unspecified atom stereocenters. The van der Waals surface area contributed by atoms with Gasteiger partial charge in [0.1, 0.15) is 5.82 Å². The highest BCUT2D eigenvalue weighted by molar-refractivity contribution is 6.05. The van der Waals surface area contributed by atoms with Crippen molar-refractivity contribution in [3.63, 3.8) is 0 Å². The van der Waals surface area contributed by atoms with Crippen LogP contribution in [0.15, 0.2) is 12.1 Å². The van der Waals surface area contributed by atoms with Gasteiger partial charge in [-0.05, 0) is 30.5 Å². The first-order chi connectivity index (χ1) is 10.5. The molecule has 1 saturated heterocycles. The first kappa shape index (κ1) is 14.7. The summed E-state index contributed by atoms with van der Waals surface area (Å²) in [5.74, 6) is -1.49. The number of anilines is 1. The van der Waals surface area contributed by atoms with Crippen LogP contribution in [0.1, 0.15) is 35.2 Å². The van der Waals surface area contributed by atoms with Crippen LogP contribution < -0.4 is 10.2 Å². The monoisotopic (exact) mass is 304 g/mol. The van der Waals surface area contributed by atoms with Crippen LogP contribution in [-0.4, -0.2) is 31.2 Å². The summed E-state index contributed by atoms with van der Waals surface area (Å²) >= 11 is 0. The van der Waals surface area contributed by atoms with Crippen LogP contribution in [0.5, 0.6) is 0 Å². The quantitative estimate of drug-likeness (QED) is 0.919. The number of nitrogens with one attached hydrogen (secondary N) is 1. The summed E-state index contributed by atoms with van der Waals surface area (Å²) in [6, 6.07) is 2.91. The van der Waals surface area contributed by atoms with Crippen molar-refractivity contribution >= 4 is 23.3 Å². The third-order valence-electron chi connectivity index (χ3n) is 4.36. The SMILES string of the molecule is CNC(=O)CC1Cc2c(F)cc(N3CCCC3=O)cc2C1=O. The number of ketones is 1. The number of amides is 2. The zero-order valence-electron chi connectivity index (χ0n) is 12.3. The Kier molecular flexibility index (Phi) is 3.68. The highest BCUT2D eigenvalue weighted by atomic mass is 19.1. The van der Waals surface area contributed by atoms with Gasteiger partial charge in [0.15, 0.2) is 5.78 Å². The van der Waals surface area contributed by atoms with E-state index in [4.69, 9.17) is 0 Å². The second-order valence-corrected chi connectivity index (χ2v) is 5.75. The lowest BCUT2D eigenvalue weighted by atomic mass is 10.0. The van der Waals surface area contributed by atoms with Crippen molar-refractivity contribution in [2.75, 3.05) is 18.5 Å². The van der Waals surface area contributed by atoms with Crippen molar-refractivity contribution in [2.24, 2.45) is 5.92 Å². The molecule has 0 aromatic heterocycles. The molecule has 0 saturated carbocycles. The largest absolute Gasteiger partial charge is 0.359 e. The number of nitrogens with zero attached hydrogens (tertiary/aromatic N) is 1. The van der Waals surface area contributed by atoms with E-state index in [1.165, 1.54) is 18.0 Å². The van der Waals surface area contributed by atoms with Gasteiger partial charge >= 0.3 is 0 Å². The number of Topliss-reactive ketones (excluding diaryl/α,β-unsaturated/α-hetero) is 1. The lowest BCUT2D eigenvalue weighted by molar-refractivity contribution is -0.121. The van der Waals surface area contributed by atoms with Crippen molar-refractivity contribution in [3.05, 3.63) is 29.1 Å². The first-order valence-corrected chi connectivity index (χ1v) is 7.39. The van der Waals surface area contributed by atoms with Gasteiger partial charge in [0.05, 0.1) is 0 Å². The van der Waals surface area contributed by atoms with Crippen LogP contribution in [0.2, 0.25) is 0 Å². The van der Waals surface area contributed by atoms with Gasteiger partial charge in [0.25, 0.3) is 0 Å². The minimum atomic E-state index is -0.519. The van der Waals surface area contributed by atoms with Crippen molar-refractivity contribution in [1.29, 1.82) is 0 Å². The summed E-state index contributed by atoms with van der Waals surface area (Å²) in [6.07, 6.45) is 1.49. The van der Waals surface area contributed by atoms with Gasteiger partial charge in [-0.25, -0.2) is 4.39 Å². The maximum atomic E-state index is 14.3. The molecule has 1 aromatic carbocycles. The molecule has 1 aromatic rings. The third kappa shape index (κ3) is 2.38. The minimum Gasteiger partial charge on any atom is -0.359 e. The molecule has 3 rings (SSSR count). The molecule has 1 aliphatic heterocycles. The summed E-state index contributed by atoms with van der Waals surface area (Å²) < 4.78 is 14.3. The summed E-state index contributed by atoms with van der Waals surface area (Å²) in [4.78, 5) is 37.2. The Morgan fingerprint density at radius 3 is 2.82 bits per heavy atom. The maximum absolute atomic E-state index is 14.3. The summed E-state index contributed by atoms with van der Waals surface area (Å²) in [6.45, 7) is 0.549. The molecule has 1 heterocycles. The fourth-order valence-corrected chi connectivity index (χ4v) is 3.18. The number of carbonyl (C=O) groups is 3. The van der Waals surface area contributed by atoms with E-state index in [1.807, 2.05) is 0 Å². The first-order valence-electron chi connectivity index (χ1n) is 7.39. The summed E-state index contributed by atoms with van der Waals surface area (Å²) in [5.41, 5.74) is 1.10. The van der Waals surface area contributed by atoms with Gasteiger partial charge in [0.2, 0.25) is 11.8 Å². The maximum Gasteiger partial charge on any atom is 0.227 e. The molecule has 1 aliphatic carbocycles. The van der Waals surface area contributed by atoms with Crippen molar-refractivity contribution in [2.45, 2.75) is 25.7 Å². The van der Waals surface area contributed by atoms with Gasteiger partial charge in [0, 0.05) is 43.6 Å². The second kappa shape index (κ2) is 5.51. The molecule has 2 aliphatic rings. The Hall–Kier alpha value is -2.24. The Morgan fingerprint density at radius 1 is 1.41 bits per heavy atom. The highest BCUT2D eigenvalue weighted by Crippen LogP contribution is 2.35. The van der Waals surface area contributed by atoms with E-state index < -0.39 is 11.7 Å². The van der Waals surface area contributed by atoms with Gasteiger partial charge in [-0.15, -0.1) is 0 Å². The van der Waals surface area contributed by atoms with Crippen molar-refractivity contribution in [3.8, 4) is 0 Å². The predicted octanol–water partition coefficient (Wildman–Crippen LogP) is 1.44. The van der Waals surface area contributed by atoms with Crippen LogP contribution in [-0.2, 0) is 16.0 Å². The number of rotatable bonds is 3. The fraction of sp³-hybridized carbons (Fsp3) is 0.438. The van der Waals surface area contributed by atoms with Crippen LogP contribution in [0.25, 0.3) is 0 Å². The zero-order valence-corrected chi connectivity index (χ0v) is 12.3. The average Bonchev–Trinajstić information content (AvgIpc) is 3.05.